The summed E-state index contributed by atoms with van der Waals surface area (Å²) < 4.78 is 23.1. The van der Waals surface area contributed by atoms with E-state index in [4.69, 9.17) is 0 Å². The fourth-order valence-corrected chi connectivity index (χ4v) is 6.51. The number of hydrogen-bond donors (Lipinski definition) is 1. The summed E-state index contributed by atoms with van der Waals surface area (Å²) >= 11 is 1.66. The smallest absolute Gasteiger partial charge is 0.150 e. The molecule has 4 heterocycles. The zero-order chi connectivity index (χ0) is 17.4. The van der Waals surface area contributed by atoms with Gasteiger partial charge in [0.15, 0.2) is 9.84 Å². The summed E-state index contributed by atoms with van der Waals surface area (Å²) in [5.41, 5.74) is 0. The summed E-state index contributed by atoms with van der Waals surface area (Å²) in [4.78, 5) is 12.6. The van der Waals surface area contributed by atoms with Gasteiger partial charge in [-0.2, -0.15) is 0 Å². The van der Waals surface area contributed by atoms with Crippen molar-refractivity contribution < 1.29 is 8.42 Å². The molecule has 2 aromatic rings. The lowest BCUT2D eigenvalue weighted by Gasteiger charge is -2.34. The number of hydrogen-bond acceptors (Lipinski definition) is 7. The zero-order valence-corrected chi connectivity index (χ0v) is 16.1. The molecule has 2 saturated heterocycles. The molecule has 2 aliphatic heterocycles. The van der Waals surface area contributed by atoms with Crippen molar-refractivity contribution in [3.63, 3.8) is 0 Å². The van der Waals surface area contributed by atoms with Gasteiger partial charge in [0.2, 0.25) is 0 Å². The van der Waals surface area contributed by atoms with Gasteiger partial charge in [-0.15, -0.1) is 11.3 Å². The topological polar surface area (TPSA) is 75.2 Å². The Hall–Kier alpha value is -1.25. The second-order valence-electron chi connectivity index (χ2n) is 7.17. The Kier molecular flexibility index (Phi) is 4.68. The number of nitrogens with zero attached hydrogens (tertiary/aromatic N) is 3. The molecule has 0 unspecified atom stereocenters. The van der Waals surface area contributed by atoms with Gasteiger partial charge in [0.05, 0.1) is 16.9 Å². The highest BCUT2D eigenvalue weighted by Crippen LogP contribution is 2.29. The molecule has 2 aromatic heterocycles. The number of sulfone groups is 1. The second-order valence-corrected chi connectivity index (χ2v) is 10.3. The standard InChI is InChI=1S/C17H24N4O2S2/c1-12-19-16(15-4-8-24-17(15)20-12)21-6-2-14(3-7-21)18-10-13-5-9-25(22,23)11-13/h4,8,13-14,18H,2-3,5-7,9-11H2,1H3/t13-/m1/s1. The predicted octanol–water partition coefficient (Wildman–Crippen LogP) is 1.99. The molecule has 0 bridgehead atoms. The Bertz CT molecular complexity index is 857. The Morgan fingerprint density at radius 1 is 1.28 bits per heavy atom. The number of rotatable bonds is 4. The average molecular weight is 381 g/mol. The van der Waals surface area contributed by atoms with Crippen molar-refractivity contribution in [2.45, 2.75) is 32.2 Å². The zero-order valence-electron chi connectivity index (χ0n) is 14.4. The van der Waals surface area contributed by atoms with Crippen LogP contribution >= 0.6 is 11.3 Å². The maximum Gasteiger partial charge on any atom is 0.150 e. The van der Waals surface area contributed by atoms with Crippen LogP contribution in [-0.2, 0) is 9.84 Å². The van der Waals surface area contributed by atoms with E-state index >= 15 is 0 Å². The lowest BCUT2D eigenvalue weighted by atomic mass is 10.0. The summed E-state index contributed by atoms with van der Waals surface area (Å²) in [7, 11) is -2.77. The number of fused-ring (bicyclic) bond motifs is 1. The molecule has 8 heteroatoms. The number of anilines is 1. The quantitative estimate of drug-likeness (QED) is 0.874. The van der Waals surface area contributed by atoms with E-state index in [2.05, 4.69) is 31.6 Å². The molecular weight excluding hydrogens is 356 g/mol. The van der Waals surface area contributed by atoms with Crippen LogP contribution in [0, 0.1) is 12.8 Å². The van der Waals surface area contributed by atoms with Crippen molar-refractivity contribution in [1.29, 1.82) is 0 Å². The van der Waals surface area contributed by atoms with Crippen molar-refractivity contribution in [1.82, 2.24) is 15.3 Å². The molecule has 1 atom stereocenters. The van der Waals surface area contributed by atoms with Gasteiger partial charge in [-0.3, -0.25) is 0 Å². The first-order valence-corrected chi connectivity index (χ1v) is 11.6. The SMILES string of the molecule is Cc1nc(N2CCC(NC[C@H]3CCS(=O)(=O)C3)CC2)c2ccsc2n1. The van der Waals surface area contributed by atoms with E-state index in [9.17, 15) is 8.42 Å². The minimum absolute atomic E-state index is 0.290. The van der Waals surface area contributed by atoms with Gasteiger partial charge >= 0.3 is 0 Å². The molecule has 0 amide bonds. The van der Waals surface area contributed by atoms with Crippen molar-refractivity contribution >= 4 is 37.2 Å². The predicted molar refractivity (Wildman–Crippen MR) is 102 cm³/mol. The van der Waals surface area contributed by atoms with E-state index in [0.717, 1.165) is 60.8 Å². The van der Waals surface area contributed by atoms with E-state index in [1.165, 1.54) is 0 Å². The van der Waals surface area contributed by atoms with Crippen LogP contribution in [0.1, 0.15) is 25.1 Å². The molecule has 136 valence electrons. The minimum Gasteiger partial charge on any atom is -0.356 e. The highest BCUT2D eigenvalue weighted by Gasteiger charge is 2.29. The van der Waals surface area contributed by atoms with Gasteiger partial charge in [-0.05, 0) is 50.1 Å². The van der Waals surface area contributed by atoms with Crippen LogP contribution in [-0.4, -0.2) is 55.6 Å². The van der Waals surface area contributed by atoms with Gasteiger partial charge in [0, 0.05) is 19.1 Å². The first kappa shape index (κ1) is 17.2. The molecule has 0 aliphatic carbocycles. The molecule has 1 N–H and O–H groups in total. The summed E-state index contributed by atoms with van der Waals surface area (Å²) in [6, 6.07) is 2.58. The number of piperidine rings is 1. The third kappa shape index (κ3) is 3.80. The molecule has 6 nitrogen and oxygen atoms in total. The number of aryl methyl sites for hydroxylation is 1. The van der Waals surface area contributed by atoms with Crippen LogP contribution in [0.5, 0.6) is 0 Å². The molecule has 0 radical (unpaired) electrons. The molecule has 0 spiro atoms. The molecule has 25 heavy (non-hydrogen) atoms. The van der Waals surface area contributed by atoms with Crippen LogP contribution in [0.4, 0.5) is 5.82 Å². The third-order valence-electron chi connectivity index (χ3n) is 5.23. The fourth-order valence-electron chi connectivity index (χ4n) is 3.85. The minimum atomic E-state index is -2.77. The summed E-state index contributed by atoms with van der Waals surface area (Å²) in [6.45, 7) is 4.72. The summed E-state index contributed by atoms with van der Waals surface area (Å²) in [5, 5.41) is 6.82. The summed E-state index contributed by atoms with van der Waals surface area (Å²) in [6.07, 6.45) is 2.94. The van der Waals surface area contributed by atoms with E-state index in [-0.39, 0.29) is 5.92 Å². The van der Waals surface area contributed by atoms with E-state index < -0.39 is 9.84 Å². The normalized spacial score (nSPS) is 24.2. The average Bonchev–Trinajstić information content (AvgIpc) is 3.18. The Morgan fingerprint density at radius 3 is 2.80 bits per heavy atom. The maximum atomic E-state index is 11.6. The number of thiophene rings is 1. The van der Waals surface area contributed by atoms with Gasteiger partial charge in [-0.1, -0.05) is 0 Å². The second kappa shape index (κ2) is 6.81. The largest absolute Gasteiger partial charge is 0.356 e. The van der Waals surface area contributed by atoms with Crippen molar-refractivity contribution in [3.8, 4) is 0 Å². The Labute approximate surface area is 152 Å². The molecule has 2 fully saturated rings. The van der Waals surface area contributed by atoms with Crippen LogP contribution in [0.15, 0.2) is 11.4 Å². The molecule has 0 aromatic carbocycles. The van der Waals surface area contributed by atoms with Crippen LogP contribution in [0.25, 0.3) is 10.2 Å². The van der Waals surface area contributed by atoms with Gasteiger partial charge in [0.1, 0.15) is 16.5 Å². The van der Waals surface area contributed by atoms with Crippen LogP contribution < -0.4 is 10.2 Å². The fraction of sp³-hybridized carbons (Fsp3) is 0.647. The number of aromatic nitrogens is 2. The lowest BCUT2D eigenvalue weighted by Crippen LogP contribution is -2.44. The highest BCUT2D eigenvalue weighted by atomic mass is 32.2. The lowest BCUT2D eigenvalue weighted by molar-refractivity contribution is 0.385. The molecular formula is C17H24N4O2S2. The Morgan fingerprint density at radius 2 is 2.08 bits per heavy atom. The summed E-state index contributed by atoms with van der Waals surface area (Å²) in [5.74, 6) is 2.89. The molecule has 2 aliphatic rings. The Balaban J connectivity index is 1.34. The van der Waals surface area contributed by atoms with Crippen LogP contribution in [0.2, 0.25) is 0 Å². The monoisotopic (exact) mass is 380 g/mol. The van der Waals surface area contributed by atoms with Crippen molar-refractivity contribution in [2.24, 2.45) is 5.92 Å². The van der Waals surface area contributed by atoms with E-state index in [1.807, 2.05) is 6.92 Å². The number of nitrogens with one attached hydrogen (secondary N) is 1. The van der Waals surface area contributed by atoms with Gasteiger partial charge in [-0.25, -0.2) is 18.4 Å². The first-order valence-electron chi connectivity index (χ1n) is 8.91. The third-order valence-corrected chi connectivity index (χ3v) is 7.88. The van der Waals surface area contributed by atoms with Crippen molar-refractivity contribution in [2.75, 3.05) is 36.0 Å². The van der Waals surface area contributed by atoms with E-state index in [0.29, 0.717) is 17.5 Å². The van der Waals surface area contributed by atoms with Crippen LogP contribution in [0.3, 0.4) is 0 Å². The van der Waals surface area contributed by atoms with Gasteiger partial charge < -0.3 is 10.2 Å². The maximum absolute atomic E-state index is 11.6. The first-order chi connectivity index (χ1) is 12.0. The molecule has 4 rings (SSSR count). The van der Waals surface area contributed by atoms with E-state index in [1.54, 1.807) is 11.3 Å². The van der Waals surface area contributed by atoms with Crippen molar-refractivity contribution in [3.05, 3.63) is 17.3 Å². The van der Waals surface area contributed by atoms with Gasteiger partial charge in [0.25, 0.3) is 0 Å². The molecule has 0 saturated carbocycles. The highest BCUT2D eigenvalue weighted by molar-refractivity contribution is 7.91.